The molecule has 5 heteroatoms. The van der Waals surface area contributed by atoms with Crippen molar-refractivity contribution in [2.75, 3.05) is 13.1 Å². The number of nitrogens with zero attached hydrogens (tertiary/aromatic N) is 1. The Bertz CT molecular complexity index is 412. The summed E-state index contributed by atoms with van der Waals surface area (Å²) in [5, 5.41) is 8.70. The molecule has 0 spiro atoms. The Morgan fingerprint density at radius 1 is 1.32 bits per heavy atom. The van der Waals surface area contributed by atoms with E-state index in [-0.39, 0.29) is 5.84 Å². The van der Waals surface area contributed by atoms with E-state index in [0.29, 0.717) is 28.9 Å². The highest BCUT2D eigenvalue weighted by atomic mass is 35.5. The van der Waals surface area contributed by atoms with Crippen molar-refractivity contribution in [1.82, 2.24) is 4.90 Å². The maximum Gasteiger partial charge on any atom is 0.0918 e. The van der Waals surface area contributed by atoms with E-state index in [1.807, 2.05) is 18.2 Å². The van der Waals surface area contributed by atoms with Crippen LogP contribution < -0.4 is 5.73 Å². The number of hydrogen-bond donors (Lipinski definition) is 2. The summed E-state index contributed by atoms with van der Waals surface area (Å²) in [7, 11) is 0. The summed E-state index contributed by atoms with van der Waals surface area (Å²) in [6.07, 6.45) is 0.564. The summed E-state index contributed by atoms with van der Waals surface area (Å²) >= 11 is 12.4. The van der Waals surface area contributed by atoms with E-state index < -0.39 is 0 Å². The van der Waals surface area contributed by atoms with Gasteiger partial charge in [0.2, 0.25) is 0 Å². The van der Waals surface area contributed by atoms with E-state index in [9.17, 15) is 0 Å². The Balaban J connectivity index is 2.78. The molecule has 0 heterocycles. The Morgan fingerprint density at radius 2 is 1.89 bits per heavy atom. The minimum atomic E-state index is 0.207. The summed E-state index contributed by atoms with van der Waals surface area (Å²) in [4.78, 5) is 2.24. The van der Waals surface area contributed by atoms with E-state index >= 15 is 0 Å². The van der Waals surface area contributed by atoms with Crippen molar-refractivity contribution in [2.45, 2.75) is 26.8 Å². The second-order valence-corrected chi connectivity index (χ2v) is 5.92. The molecule has 1 aromatic carbocycles. The van der Waals surface area contributed by atoms with Crippen LogP contribution in [0.2, 0.25) is 10.0 Å². The molecule has 3 N–H and O–H groups in total. The highest BCUT2D eigenvalue weighted by Gasteiger charge is 2.13. The van der Waals surface area contributed by atoms with Crippen LogP contribution in [0.3, 0.4) is 0 Å². The third kappa shape index (κ3) is 5.81. The first-order chi connectivity index (χ1) is 8.90. The minimum absolute atomic E-state index is 0.207. The fourth-order valence-corrected chi connectivity index (χ4v) is 2.45. The number of nitrogens with one attached hydrogen (secondary N) is 1. The lowest BCUT2D eigenvalue weighted by Crippen LogP contribution is -2.31. The third-order valence-corrected chi connectivity index (χ3v) is 3.47. The molecule has 0 bridgehead atoms. The van der Waals surface area contributed by atoms with Gasteiger partial charge in [-0.1, -0.05) is 43.1 Å². The summed E-state index contributed by atoms with van der Waals surface area (Å²) in [6.45, 7) is 6.68. The molecule has 0 saturated carbocycles. The lowest BCUT2D eigenvalue weighted by Gasteiger charge is -2.25. The third-order valence-electron chi connectivity index (χ3n) is 2.76. The Labute approximate surface area is 125 Å². The molecule has 1 rings (SSSR count). The number of rotatable bonds is 7. The van der Waals surface area contributed by atoms with Gasteiger partial charge in [0.15, 0.2) is 0 Å². The molecule has 19 heavy (non-hydrogen) atoms. The predicted octanol–water partition coefficient (Wildman–Crippen LogP) is 3.78. The maximum absolute atomic E-state index is 7.33. The molecule has 0 aromatic heterocycles. The largest absolute Gasteiger partial charge is 0.388 e. The first-order valence-corrected chi connectivity index (χ1v) is 7.14. The zero-order valence-electron chi connectivity index (χ0n) is 11.4. The van der Waals surface area contributed by atoms with Crippen molar-refractivity contribution in [1.29, 1.82) is 5.41 Å². The summed E-state index contributed by atoms with van der Waals surface area (Å²) in [6, 6.07) is 5.54. The second kappa shape index (κ2) is 7.73. The molecule has 0 fully saturated rings. The number of amidine groups is 1. The van der Waals surface area contributed by atoms with Crippen LogP contribution in [0.1, 0.15) is 25.8 Å². The van der Waals surface area contributed by atoms with Gasteiger partial charge >= 0.3 is 0 Å². The van der Waals surface area contributed by atoms with Gasteiger partial charge in [-0.2, -0.15) is 0 Å². The van der Waals surface area contributed by atoms with Gasteiger partial charge in [-0.05, 0) is 18.1 Å². The molecule has 3 nitrogen and oxygen atoms in total. The number of halogens is 2. The summed E-state index contributed by atoms with van der Waals surface area (Å²) in [5.41, 5.74) is 6.37. The molecule has 0 aliphatic carbocycles. The number of benzene rings is 1. The summed E-state index contributed by atoms with van der Waals surface area (Å²) < 4.78 is 0. The fraction of sp³-hybridized carbons (Fsp3) is 0.500. The van der Waals surface area contributed by atoms with Crippen LogP contribution in [0.5, 0.6) is 0 Å². The van der Waals surface area contributed by atoms with Gasteiger partial charge in [-0.3, -0.25) is 10.3 Å². The zero-order valence-corrected chi connectivity index (χ0v) is 12.9. The van der Waals surface area contributed by atoms with Crippen molar-refractivity contribution in [3.05, 3.63) is 33.8 Å². The molecule has 0 amide bonds. The molecule has 0 saturated heterocycles. The normalized spacial score (nSPS) is 11.3. The number of hydrogen-bond acceptors (Lipinski definition) is 2. The Morgan fingerprint density at radius 3 is 2.37 bits per heavy atom. The maximum atomic E-state index is 7.33. The van der Waals surface area contributed by atoms with Crippen LogP contribution in [0, 0.1) is 11.3 Å². The molecule has 0 radical (unpaired) electrons. The Hall–Kier alpha value is -0.770. The standard InChI is InChI=1S/C14H21Cl2N3/c1-10(2)8-19(7-6-14(17)18)9-11-12(15)4-3-5-13(11)16/h3-5,10H,6-9H2,1-2H3,(H3,17,18). The van der Waals surface area contributed by atoms with Crippen LogP contribution in [0.4, 0.5) is 0 Å². The van der Waals surface area contributed by atoms with Gasteiger partial charge < -0.3 is 5.73 Å². The molecule has 1 aromatic rings. The van der Waals surface area contributed by atoms with E-state index in [1.165, 1.54) is 0 Å². The smallest absolute Gasteiger partial charge is 0.0918 e. The van der Waals surface area contributed by atoms with Gasteiger partial charge in [-0.15, -0.1) is 0 Å². The monoisotopic (exact) mass is 301 g/mol. The van der Waals surface area contributed by atoms with Gasteiger partial charge in [0.05, 0.1) is 5.84 Å². The predicted molar refractivity (Wildman–Crippen MR) is 83.1 cm³/mol. The lowest BCUT2D eigenvalue weighted by atomic mass is 10.1. The van der Waals surface area contributed by atoms with Crippen LogP contribution in [0.15, 0.2) is 18.2 Å². The second-order valence-electron chi connectivity index (χ2n) is 5.10. The molecular formula is C14H21Cl2N3. The highest BCUT2D eigenvalue weighted by molar-refractivity contribution is 6.35. The van der Waals surface area contributed by atoms with Crippen LogP contribution in [-0.4, -0.2) is 23.8 Å². The molecule has 106 valence electrons. The Kier molecular flexibility index (Phi) is 6.63. The minimum Gasteiger partial charge on any atom is -0.388 e. The van der Waals surface area contributed by atoms with Crippen molar-refractivity contribution in [3.63, 3.8) is 0 Å². The van der Waals surface area contributed by atoms with Crippen molar-refractivity contribution < 1.29 is 0 Å². The molecule has 0 unspecified atom stereocenters. The average Bonchev–Trinajstić information content (AvgIpc) is 2.30. The summed E-state index contributed by atoms with van der Waals surface area (Å²) in [5.74, 6) is 0.743. The van der Waals surface area contributed by atoms with Crippen molar-refractivity contribution in [3.8, 4) is 0 Å². The van der Waals surface area contributed by atoms with Crippen molar-refractivity contribution >= 4 is 29.0 Å². The fourth-order valence-electron chi connectivity index (χ4n) is 1.94. The lowest BCUT2D eigenvalue weighted by molar-refractivity contribution is 0.242. The molecule has 0 aliphatic rings. The SMILES string of the molecule is CC(C)CN(CCC(=N)N)Cc1c(Cl)cccc1Cl. The van der Waals surface area contributed by atoms with Gasteiger partial charge in [0, 0.05) is 41.7 Å². The van der Waals surface area contributed by atoms with E-state index in [2.05, 4.69) is 18.7 Å². The van der Waals surface area contributed by atoms with E-state index in [4.69, 9.17) is 34.3 Å². The molecular weight excluding hydrogens is 281 g/mol. The van der Waals surface area contributed by atoms with Gasteiger partial charge in [-0.25, -0.2) is 0 Å². The zero-order chi connectivity index (χ0) is 14.4. The van der Waals surface area contributed by atoms with Crippen LogP contribution in [0.25, 0.3) is 0 Å². The van der Waals surface area contributed by atoms with E-state index in [1.54, 1.807) is 0 Å². The molecule has 0 aliphatic heterocycles. The number of nitrogens with two attached hydrogens (primary N) is 1. The topological polar surface area (TPSA) is 53.1 Å². The van der Waals surface area contributed by atoms with Gasteiger partial charge in [0.1, 0.15) is 0 Å². The van der Waals surface area contributed by atoms with Crippen molar-refractivity contribution in [2.24, 2.45) is 11.7 Å². The quantitative estimate of drug-likeness (QED) is 0.595. The van der Waals surface area contributed by atoms with E-state index in [0.717, 1.165) is 18.7 Å². The highest BCUT2D eigenvalue weighted by Crippen LogP contribution is 2.26. The first kappa shape index (κ1) is 16.3. The average molecular weight is 302 g/mol. The van der Waals surface area contributed by atoms with Crippen LogP contribution >= 0.6 is 23.2 Å². The molecule has 0 atom stereocenters. The van der Waals surface area contributed by atoms with Crippen LogP contribution in [-0.2, 0) is 6.54 Å². The first-order valence-electron chi connectivity index (χ1n) is 6.38. The van der Waals surface area contributed by atoms with Gasteiger partial charge in [0.25, 0.3) is 0 Å².